The molecule has 4 heteroatoms. The first-order valence-corrected chi connectivity index (χ1v) is 7.41. The third kappa shape index (κ3) is 5.12. The number of benzene rings is 1. The van der Waals surface area contributed by atoms with E-state index in [0.29, 0.717) is 6.10 Å². The predicted molar refractivity (Wildman–Crippen MR) is 81.2 cm³/mol. The van der Waals surface area contributed by atoms with E-state index in [1.54, 1.807) is 7.11 Å². The molecular weight excluding hydrogens is 252 g/mol. The van der Waals surface area contributed by atoms with E-state index in [1.165, 1.54) is 18.4 Å². The molecule has 20 heavy (non-hydrogen) atoms. The largest absolute Gasteiger partial charge is 0.497 e. The molecule has 1 aromatic rings. The van der Waals surface area contributed by atoms with Crippen LogP contribution in [-0.4, -0.2) is 51.4 Å². The molecule has 4 nitrogen and oxygen atoms in total. The number of methoxy groups -OCH3 is 1. The van der Waals surface area contributed by atoms with Crippen molar-refractivity contribution in [3.05, 3.63) is 29.8 Å². The van der Waals surface area contributed by atoms with Crippen LogP contribution in [0.1, 0.15) is 18.4 Å². The van der Waals surface area contributed by atoms with Crippen molar-refractivity contribution in [1.82, 2.24) is 10.2 Å². The Hall–Kier alpha value is -1.10. The molecule has 1 unspecified atom stereocenters. The monoisotopic (exact) mass is 278 g/mol. The highest BCUT2D eigenvalue weighted by Crippen LogP contribution is 2.12. The number of likely N-dealkylation sites (N-methyl/N-ethyl adjacent to an activating group) is 1. The number of nitrogens with one attached hydrogen (secondary N) is 1. The Labute approximate surface area is 122 Å². The highest BCUT2D eigenvalue weighted by Gasteiger charge is 2.14. The number of rotatable bonds is 8. The summed E-state index contributed by atoms with van der Waals surface area (Å²) in [6.45, 7) is 4.93. The zero-order valence-electron chi connectivity index (χ0n) is 12.6. The molecule has 1 atom stereocenters. The molecule has 112 valence electrons. The molecule has 0 aliphatic carbocycles. The number of ether oxygens (including phenoxy) is 2. The molecule has 2 rings (SSSR count). The van der Waals surface area contributed by atoms with Crippen molar-refractivity contribution in [1.29, 1.82) is 0 Å². The molecule has 0 bridgehead atoms. The third-order valence-corrected chi connectivity index (χ3v) is 3.68. The van der Waals surface area contributed by atoms with Crippen LogP contribution in [-0.2, 0) is 11.3 Å². The van der Waals surface area contributed by atoms with E-state index >= 15 is 0 Å². The van der Waals surface area contributed by atoms with Crippen LogP contribution in [0.3, 0.4) is 0 Å². The van der Waals surface area contributed by atoms with Crippen molar-refractivity contribution >= 4 is 0 Å². The fraction of sp³-hybridized carbons (Fsp3) is 0.625. The van der Waals surface area contributed by atoms with Gasteiger partial charge in [-0.05, 0) is 37.6 Å². The fourth-order valence-corrected chi connectivity index (χ4v) is 2.46. The summed E-state index contributed by atoms with van der Waals surface area (Å²) >= 11 is 0. The zero-order chi connectivity index (χ0) is 14.2. The van der Waals surface area contributed by atoms with E-state index in [4.69, 9.17) is 9.47 Å². The summed E-state index contributed by atoms with van der Waals surface area (Å²) < 4.78 is 10.8. The van der Waals surface area contributed by atoms with Crippen LogP contribution in [0, 0.1) is 0 Å². The van der Waals surface area contributed by atoms with Gasteiger partial charge in [-0.1, -0.05) is 12.1 Å². The second kappa shape index (κ2) is 8.25. The van der Waals surface area contributed by atoms with Gasteiger partial charge in [-0.2, -0.15) is 0 Å². The maximum absolute atomic E-state index is 5.59. The van der Waals surface area contributed by atoms with Gasteiger partial charge in [-0.15, -0.1) is 0 Å². The lowest BCUT2D eigenvalue weighted by Gasteiger charge is -2.18. The Morgan fingerprint density at radius 2 is 2.15 bits per heavy atom. The topological polar surface area (TPSA) is 33.7 Å². The fourth-order valence-electron chi connectivity index (χ4n) is 2.46. The van der Waals surface area contributed by atoms with Crippen molar-refractivity contribution in [2.24, 2.45) is 0 Å². The van der Waals surface area contributed by atoms with E-state index in [9.17, 15) is 0 Å². The Bertz CT molecular complexity index is 375. The number of nitrogens with zero attached hydrogens (tertiary/aromatic N) is 1. The van der Waals surface area contributed by atoms with Gasteiger partial charge in [0.25, 0.3) is 0 Å². The van der Waals surface area contributed by atoms with Crippen LogP contribution in [0.25, 0.3) is 0 Å². The average molecular weight is 278 g/mol. The summed E-state index contributed by atoms with van der Waals surface area (Å²) in [6.07, 6.45) is 2.85. The van der Waals surface area contributed by atoms with E-state index in [-0.39, 0.29) is 0 Å². The van der Waals surface area contributed by atoms with Crippen LogP contribution >= 0.6 is 0 Å². The standard InChI is InChI=1S/C16H26N2O2/c1-18(10-9-17-12-16-4-3-11-20-16)13-14-5-7-15(19-2)8-6-14/h5-8,16-17H,3-4,9-13H2,1-2H3. The van der Waals surface area contributed by atoms with Crippen LogP contribution in [0.15, 0.2) is 24.3 Å². The molecular formula is C16H26N2O2. The number of hydrogen-bond acceptors (Lipinski definition) is 4. The molecule has 1 N–H and O–H groups in total. The number of hydrogen-bond donors (Lipinski definition) is 1. The minimum absolute atomic E-state index is 0.432. The average Bonchev–Trinajstić information content (AvgIpc) is 2.98. The van der Waals surface area contributed by atoms with Gasteiger partial charge >= 0.3 is 0 Å². The summed E-state index contributed by atoms with van der Waals surface area (Å²) in [4.78, 5) is 2.32. The molecule has 0 amide bonds. The Balaban J connectivity index is 1.60. The van der Waals surface area contributed by atoms with Crippen LogP contribution in [0.4, 0.5) is 0 Å². The molecule has 1 aliphatic heterocycles. The van der Waals surface area contributed by atoms with Crippen molar-refractivity contribution in [3.63, 3.8) is 0 Å². The van der Waals surface area contributed by atoms with E-state index in [1.807, 2.05) is 12.1 Å². The highest BCUT2D eigenvalue weighted by atomic mass is 16.5. The van der Waals surface area contributed by atoms with Crippen LogP contribution in [0.5, 0.6) is 5.75 Å². The predicted octanol–water partition coefficient (Wildman–Crippen LogP) is 1.90. The van der Waals surface area contributed by atoms with Gasteiger partial charge in [0, 0.05) is 32.8 Å². The molecule has 1 fully saturated rings. The lowest BCUT2D eigenvalue weighted by molar-refractivity contribution is 0.109. The van der Waals surface area contributed by atoms with Crippen molar-refractivity contribution in [2.45, 2.75) is 25.5 Å². The normalized spacial score (nSPS) is 18.6. The van der Waals surface area contributed by atoms with Gasteiger partial charge < -0.3 is 19.7 Å². The van der Waals surface area contributed by atoms with Gasteiger partial charge in [0.15, 0.2) is 0 Å². The molecule has 0 spiro atoms. The molecule has 1 aromatic carbocycles. The first-order valence-electron chi connectivity index (χ1n) is 7.41. The van der Waals surface area contributed by atoms with E-state index < -0.39 is 0 Å². The second-order valence-corrected chi connectivity index (χ2v) is 5.43. The lowest BCUT2D eigenvalue weighted by atomic mass is 10.2. The maximum atomic E-state index is 5.59. The molecule has 1 aliphatic rings. The Morgan fingerprint density at radius 1 is 1.35 bits per heavy atom. The second-order valence-electron chi connectivity index (χ2n) is 5.43. The summed E-state index contributed by atoms with van der Waals surface area (Å²) in [6, 6.07) is 8.27. The van der Waals surface area contributed by atoms with Crippen molar-refractivity contribution in [3.8, 4) is 5.75 Å². The molecule has 0 radical (unpaired) electrons. The van der Waals surface area contributed by atoms with Gasteiger partial charge in [0.05, 0.1) is 13.2 Å². The summed E-state index contributed by atoms with van der Waals surface area (Å²) in [5.74, 6) is 0.912. The van der Waals surface area contributed by atoms with Crippen molar-refractivity contribution < 1.29 is 9.47 Å². The summed E-state index contributed by atoms with van der Waals surface area (Å²) in [5, 5.41) is 3.48. The summed E-state index contributed by atoms with van der Waals surface area (Å²) in [5.41, 5.74) is 1.31. The van der Waals surface area contributed by atoms with Crippen molar-refractivity contribution in [2.75, 3.05) is 40.4 Å². The smallest absolute Gasteiger partial charge is 0.118 e. The van der Waals surface area contributed by atoms with E-state index in [0.717, 1.165) is 38.5 Å². The third-order valence-electron chi connectivity index (χ3n) is 3.68. The SMILES string of the molecule is COc1ccc(CN(C)CCNCC2CCCO2)cc1. The first-order chi connectivity index (χ1) is 9.78. The summed E-state index contributed by atoms with van der Waals surface area (Å²) in [7, 11) is 3.85. The lowest BCUT2D eigenvalue weighted by Crippen LogP contribution is -2.33. The maximum Gasteiger partial charge on any atom is 0.118 e. The Morgan fingerprint density at radius 3 is 2.80 bits per heavy atom. The van der Waals surface area contributed by atoms with Gasteiger partial charge in [-0.3, -0.25) is 0 Å². The molecule has 1 saturated heterocycles. The minimum Gasteiger partial charge on any atom is -0.497 e. The molecule has 0 saturated carbocycles. The van der Waals surface area contributed by atoms with Crippen LogP contribution < -0.4 is 10.1 Å². The Kier molecular flexibility index (Phi) is 6.30. The molecule has 0 aromatic heterocycles. The quantitative estimate of drug-likeness (QED) is 0.736. The van der Waals surface area contributed by atoms with E-state index in [2.05, 4.69) is 29.4 Å². The van der Waals surface area contributed by atoms with Gasteiger partial charge in [0.2, 0.25) is 0 Å². The van der Waals surface area contributed by atoms with Crippen LogP contribution in [0.2, 0.25) is 0 Å². The highest BCUT2D eigenvalue weighted by molar-refractivity contribution is 5.26. The minimum atomic E-state index is 0.432. The van der Waals surface area contributed by atoms with Gasteiger partial charge in [0.1, 0.15) is 5.75 Å². The molecule has 1 heterocycles. The van der Waals surface area contributed by atoms with Gasteiger partial charge in [-0.25, -0.2) is 0 Å². The zero-order valence-corrected chi connectivity index (χ0v) is 12.6. The first kappa shape index (κ1) is 15.3.